The number of halogens is 1. The molecule has 2 aromatic carbocycles. The van der Waals surface area contributed by atoms with Gasteiger partial charge in [0.05, 0.1) is 17.4 Å². The minimum absolute atomic E-state index is 0.0462. The van der Waals surface area contributed by atoms with E-state index in [1.54, 1.807) is 23.4 Å². The van der Waals surface area contributed by atoms with E-state index in [1.165, 1.54) is 18.3 Å². The van der Waals surface area contributed by atoms with Crippen LogP contribution >= 0.6 is 0 Å². The lowest BCUT2D eigenvalue weighted by molar-refractivity contribution is -0.127. The number of nitrogens with zero attached hydrogens (tertiary/aromatic N) is 4. The number of fused-ring (bicyclic) bond motifs is 1. The van der Waals surface area contributed by atoms with E-state index in [0.717, 1.165) is 22.4 Å². The van der Waals surface area contributed by atoms with Crippen molar-refractivity contribution in [1.29, 1.82) is 5.26 Å². The molecule has 1 amide bonds. The fourth-order valence-electron chi connectivity index (χ4n) is 3.31. The number of carbonyl (C=O) groups excluding carboxylic acids is 1. The molecule has 146 valence electrons. The molecule has 0 saturated carbocycles. The van der Waals surface area contributed by atoms with Gasteiger partial charge in [0.15, 0.2) is 0 Å². The third-order valence-electron chi connectivity index (χ3n) is 4.91. The number of aromatic nitrogens is 2. The highest BCUT2D eigenvalue weighted by Gasteiger charge is 2.24. The van der Waals surface area contributed by atoms with Gasteiger partial charge in [0, 0.05) is 43.8 Å². The second kappa shape index (κ2) is 8.02. The smallest absolute Gasteiger partial charge is 0.266 e. The van der Waals surface area contributed by atoms with Gasteiger partial charge in [-0.3, -0.25) is 4.79 Å². The van der Waals surface area contributed by atoms with Crippen molar-refractivity contribution in [1.82, 2.24) is 14.9 Å². The first-order valence-electron chi connectivity index (χ1n) is 9.24. The van der Waals surface area contributed by atoms with Crippen LogP contribution in [0.1, 0.15) is 0 Å². The predicted octanol–water partition coefficient (Wildman–Crippen LogP) is 2.87. The van der Waals surface area contributed by atoms with Crippen LogP contribution in [-0.4, -0.2) is 47.0 Å². The van der Waals surface area contributed by atoms with Crippen LogP contribution in [0, 0.1) is 17.1 Å². The molecule has 1 aromatic heterocycles. The third-order valence-corrected chi connectivity index (χ3v) is 4.91. The molecule has 0 atom stereocenters. The molecule has 1 aliphatic rings. The maximum atomic E-state index is 13.1. The molecular weight excluding hydrogens is 371 g/mol. The van der Waals surface area contributed by atoms with E-state index >= 15 is 0 Å². The summed E-state index contributed by atoms with van der Waals surface area (Å²) in [7, 11) is 0. The summed E-state index contributed by atoms with van der Waals surface area (Å²) in [5, 5.41) is 12.4. The van der Waals surface area contributed by atoms with Crippen LogP contribution in [0.4, 0.5) is 15.8 Å². The Morgan fingerprint density at radius 2 is 1.93 bits per heavy atom. The number of hydrogen-bond acceptors (Lipinski definition) is 5. The predicted molar refractivity (Wildman–Crippen MR) is 109 cm³/mol. The maximum absolute atomic E-state index is 13.1. The summed E-state index contributed by atoms with van der Waals surface area (Å²) in [6.45, 7) is 2.24. The van der Waals surface area contributed by atoms with Crippen LogP contribution in [0.5, 0.6) is 0 Å². The van der Waals surface area contributed by atoms with Crippen LogP contribution in [-0.2, 0) is 4.79 Å². The van der Waals surface area contributed by atoms with Crippen LogP contribution < -0.4 is 10.2 Å². The van der Waals surface area contributed by atoms with Gasteiger partial charge in [0.25, 0.3) is 5.91 Å². The molecule has 29 heavy (non-hydrogen) atoms. The van der Waals surface area contributed by atoms with Gasteiger partial charge in [0.1, 0.15) is 17.5 Å². The van der Waals surface area contributed by atoms with Crippen molar-refractivity contribution < 1.29 is 9.18 Å². The van der Waals surface area contributed by atoms with Crippen LogP contribution in [0.15, 0.2) is 60.6 Å². The molecule has 0 bridgehead atoms. The largest absolute Gasteiger partial charge is 0.368 e. The number of benzene rings is 2. The number of carbonyl (C=O) groups is 1. The molecular formula is C21H19FN6O. The molecule has 4 rings (SSSR count). The molecule has 0 spiro atoms. The molecule has 8 heteroatoms. The van der Waals surface area contributed by atoms with E-state index in [1.807, 2.05) is 24.3 Å². The van der Waals surface area contributed by atoms with Crippen molar-refractivity contribution in [3.8, 4) is 6.07 Å². The average Bonchev–Trinajstić information content (AvgIpc) is 3.23. The molecule has 2 N–H and O–H groups in total. The van der Waals surface area contributed by atoms with Gasteiger partial charge < -0.3 is 20.1 Å². The van der Waals surface area contributed by atoms with Gasteiger partial charge >= 0.3 is 0 Å². The Balaban J connectivity index is 1.39. The Morgan fingerprint density at radius 3 is 2.66 bits per heavy atom. The Hall–Kier alpha value is -3.86. The van der Waals surface area contributed by atoms with E-state index in [-0.39, 0.29) is 17.3 Å². The van der Waals surface area contributed by atoms with E-state index in [2.05, 4.69) is 20.2 Å². The Kier molecular flexibility index (Phi) is 5.12. The number of nitriles is 1. The van der Waals surface area contributed by atoms with E-state index in [9.17, 15) is 14.4 Å². The van der Waals surface area contributed by atoms with Crippen LogP contribution in [0.2, 0.25) is 0 Å². The fourth-order valence-corrected chi connectivity index (χ4v) is 3.31. The zero-order chi connectivity index (χ0) is 20.2. The summed E-state index contributed by atoms with van der Waals surface area (Å²) < 4.78 is 13.1. The average molecular weight is 390 g/mol. The molecule has 2 heterocycles. The summed E-state index contributed by atoms with van der Waals surface area (Å²) in [6, 6.07) is 13.8. The number of hydrogen-bond donors (Lipinski definition) is 2. The zero-order valence-corrected chi connectivity index (χ0v) is 15.6. The quantitative estimate of drug-likeness (QED) is 0.528. The fraction of sp³-hybridized carbons (Fsp3) is 0.190. The molecule has 1 saturated heterocycles. The Bertz CT molecular complexity index is 1090. The molecule has 7 nitrogen and oxygen atoms in total. The zero-order valence-electron chi connectivity index (χ0n) is 15.6. The first-order chi connectivity index (χ1) is 14.1. The molecule has 0 radical (unpaired) electrons. The van der Waals surface area contributed by atoms with E-state index < -0.39 is 0 Å². The number of rotatable bonds is 4. The van der Waals surface area contributed by atoms with Crippen molar-refractivity contribution in [2.24, 2.45) is 0 Å². The van der Waals surface area contributed by atoms with Gasteiger partial charge in [-0.25, -0.2) is 9.37 Å². The molecule has 1 fully saturated rings. The topological polar surface area (TPSA) is 88.0 Å². The molecule has 0 aliphatic carbocycles. The normalized spacial score (nSPS) is 14.7. The van der Waals surface area contributed by atoms with Crippen LogP contribution in [0.3, 0.4) is 0 Å². The minimum atomic E-state index is -0.304. The van der Waals surface area contributed by atoms with Crippen molar-refractivity contribution in [3.63, 3.8) is 0 Å². The van der Waals surface area contributed by atoms with Gasteiger partial charge in [0.2, 0.25) is 0 Å². The second-order valence-corrected chi connectivity index (χ2v) is 6.70. The Labute approximate surface area is 167 Å². The van der Waals surface area contributed by atoms with E-state index in [0.29, 0.717) is 26.2 Å². The molecule has 1 aliphatic heterocycles. The first kappa shape index (κ1) is 18.5. The highest BCUT2D eigenvalue weighted by molar-refractivity contribution is 5.97. The number of amides is 1. The van der Waals surface area contributed by atoms with Gasteiger partial charge in [-0.2, -0.15) is 5.26 Å². The number of aromatic amines is 1. The highest BCUT2D eigenvalue weighted by Crippen LogP contribution is 2.19. The minimum Gasteiger partial charge on any atom is -0.368 e. The summed E-state index contributed by atoms with van der Waals surface area (Å²) in [4.78, 5) is 23.7. The standard InChI is InChI=1S/C21H19FN6O/c22-16-1-4-18(5-2-16)27-7-9-28(10-8-27)21(29)15(12-23)13-24-17-3-6-19-20(11-17)26-14-25-19/h1-6,11,13-14,24H,7-10H2,(H,25,26)/b15-13-. The highest BCUT2D eigenvalue weighted by atomic mass is 19.1. The van der Waals surface area contributed by atoms with Crippen molar-refractivity contribution in [2.75, 3.05) is 36.4 Å². The maximum Gasteiger partial charge on any atom is 0.266 e. The first-order valence-corrected chi connectivity index (χ1v) is 9.24. The number of anilines is 2. The van der Waals surface area contributed by atoms with Crippen molar-refractivity contribution in [3.05, 3.63) is 66.4 Å². The summed E-state index contributed by atoms with van der Waals surface area (Å²) in [6.07, 6.45) is 3.05. The second-order valence-electron chi connectivity index (χ2n) is 6.70. The SMILES string of the molecule is N#C/C(=C/Nc1ccc2nc[nH]c2c1)C(=O)N1CCN(c2ccc(F)cc2)CC1. The van der Waals surface area contributed by atoms with Gasteiger partial charge in [-0.05, 0) is 42.5 Å². The third kappa shape index (κ3) is 4.04. The number of imidazole rings is 1. The molecule has 0 unspecified atom stereocenters. The lowest BCUT2D eigenvalue weighted by atomic mass is 10.2. The summed E-state index contributed by atoms with van der Waals surface area (Å²) in [5.74, 6) is -0.577. The van der Waals surface area contributed by atoms with Gasteiger partial charge in [-0.15, -0.1) is 0 Å². The summed E-state index contributed by atoms with van der Waals surface area (Å²) in [5.41, 5.74) is 3.43. The lowest BCUT2D eigenvalue weighted by Gasteiger charge is -2.36. The number of nitrogens with one attached hydrogen (secondary N) is 2. The lowest BCUT2D eigenvalue weighted by Crippen LogP contribution is -2.49. The van der Waals surface area contributed by atoms with Crippen molar-refractivity contribution in [2.45, 2.75) is 0 Å². The number of piperazine rings is 1. The number of H-pyrrole nitrogens is 1. The van der Waals surface area contributed by atoms with Crippen molar-refractivity contribution >= 4 is 28.3 Å². The monoisotopic (exact) mass is 390 g/mol. The van der Waals surface area contributed by atoms with Gasteiger partial charge in [-0.1, -0.05) is 0 Å². The van der Waals surface area contributed by atoms with Crippen LogP contribution in [0.25, 0.3) is 11.0 Å². The molecule has 3 aromatic rings. The van der Waals surface area contributed by atoms with E-state index in [4.69, 9.17) is 0 Å². The Morgan fingerprint density at radius 1 is 1.17 bits per heavy atom. The summed E-state index contributed by atoms with van der Waals surface area (Å²) >= 11 is 0.